The van der Waals surface area contributed by atoms with E-state index in [1.54, 1.807) is 6.07 Å². The molecule has 0 aliphatic heterocycles. The van der Waals surface area contributed by atoms with Crippen molar-refractivity contribution in [1.29, 1.82) is 0 Å². The number of hydrogen-bond acceptors (Lipinski definition) is 4. The van der Waals surface area contributed by atoms with Gasteiger partial charge in [0.05, 0.1) is 6.54 Å². The average Bonchev–Trinajstić information content (AvgIpc) is 2.72. The summed E-state index contributed by atoms with van der Waals surface area (Å²) < 4.78 is 30.3. The SMILES string of the molecule is CC(NCc1ccc(S(=O)(=O)N(C)C)o1)C1CCC1. The van der Waals surface area contributed by atoms with Crippen molar-refractivity contribution in [2.45, 2.75) is 43.9 Å². The summed E-state index contributed by atoms with van der Waals surface area (Å²) in [5.74, 6) is 1.41. The Morgan fingerprint density at radius 3 is 2.63 bits per heavy atom. The van der Waals surface area contributed by atoms with Gasteiger partial charge in [0.2, 0.25) is 5.09 Å². The van der Waals surface area contributed by atoms with Gasteiger partial charge in [-0.3, -0.25) is 0 Å². The third-order valence-corrected chi connectivity index (χ3v) is 5.52. The minimum Gasteiger partial charge on any atom is -0.447 e. The van der Waals surface area contributed by atoms with Crippen LogP contribution in [0.4, 0.5) is 0 Å². The number of nitrogens with zero attached hydrogens (tertiary/aromatic N) is 1. The van der Waals surface area contributed by atoms with Crippen LogP contribution in [0.15, 0.2) is 21.6 Å². The summed E-state index contributed by atoms with van der Waals surface area (Å²) in [4.78, 5) is 0. The highest BCUT2D eigenvalue weighted by Crippen LogP contribution is 2.29. The Morgan fingerprint density at radius 2 is 2.11 bits per heavy atom. The molecule has 1 saturated carbocycles. The fourth-order valence-electron chi connectivity index (χ4n) is 2.14. The van der Waals surface area contributed by atoms with Crippen LogP contribution in [-0.2, 0) is 16.6 Å². The van der Waals surface area contributed by atoms with E-state index in [2.05, 4.69) is 12.2 Å². The minimum absolute atomic E-state index is 0.00518. The van der Waals surface area contributed by atoms with Crippen molar-refractivity contribution in [3.63, 3.8) is 0 Å². The number of sulfonamides is 1. The van der Waals surface area contributed by atoms with Crippen molar-refractivity contribution in [3.8, 4) is 0 Å². The fraction of sp³-hybridized carbons (Fsp3) is 0.692. The highest BCUT2D eigenvalue weighted by atomic mass is 32.2. The molecule has 1 aliphatic carbocycles. The van der Waals surface area contributed by atoms with Crippen molar-refractivity contribution in [3.05, 3.63) is 17.9 Å². The van der Waals surface area contributed by atoms with Crippen molar-refractivity contribution in [1.82, 2.24) is 9.62 Å². The van der Waals surface area contributed by atoms with E-state index in [0.717, 1.165) is 10.2 Å². The molecule has 19 heavy (non-hydrogen) atoms. The number of furan rings is 1. The summed E-state index contributed by atoms with van der Waals surface area (Å²) in [5.41, 5.74) is 0. The summed E-state index contributed by atoms with van der Waals surface area (Å²) in [5, 5.41) is 3.40. The van der Waals surface area contributed by atoms with E-state index >= 15 is 0 Å². The van der Waals surface area contributed by atoms with Crippen molar-refractivity contribution >= 4 is 10.0 Å². The van der Waals surface area contributed by atoms with Gasteiger partial charge in [0.1, 0.15) is 5.76 Å². The van der Waals surface area contributed by atoms with Crippen LogP contribution in [0.2, 0.25) is 0 Å². The van der Waals surface area contributed by atoms with Gasteiger partial charge in [-0.05, 0) is 37.8 Å². The second-order valence-corrected chi connectivity index (χ2v) is 7.45. The zero-order chi connectivity index (χ0) is 14.0. The van der Waals surface area contributed by atoms with E-state index in [0.29, 0.717) is 18.3 Å². The van der Waals surface area contributed by atoms with Crippen LogP contribution in [0.5, 0.6) is 0 Å². The number of rotatable bonds is 6. The molecule has 1 fully saturated rings. The predicted molar refractivity (Wildman–Crippen MR) is 73.2 cm³/mol. The molecular weight excluding hydrogens is 264 g/mol. The Bertz CT molecular complexity index is 518. The molecular formula is C13H22N2O3S. The molecule has 2 rings (SSSR count). The highest BCUT2D eigenvalue weighted by Gasteiger charge is 2.24. The summed E-state index contributed by atoms with van der Waals surface area (Å²) in [6.07, 6.45) is 3.89. The van der Waals surface area contributed by atoms with E-state index in [1.807, 2.05) is 0 Å². The van der Waals surface area contributed by atoms with Crippen molar-refractivity contribution < 1.29 is 12.8 Å². The van der Waals surface area contributed by atoms with Gasteiger partial charge in [-0.2, -0.15) is 0 Å². The van der Waals surface area contributed by atoms with Crippen LogP contribution >= 0.6 is 0 Å². The third-order valence-electron chi connectivity index (χ3n) is 3.83. The van der Waals surface area contributed by atoms with E-state index < -0.39 is 10.0 Å². The van der Waals surface area contributed by atoms with Crippen molar-refractivity contribution in [2.75, 3.05) is 14.1 Å². The van der Waals surface area contributed by atoms with Gasteiger partial charge in [-0.25, -0.2) is 12.7 Å². The van der Waals surface area contributed by atoms with Gasteiger partial charge >= 0.3 is 0 Å². The second-order valence-electron chi connectivity index (χ2n) is 5.37. The highest BCUT2D eigenvalue weighted by molar-refractivity contribution is 7.88. The molecule has 0 amide bonds. The maximum atomic E-state index is 11.9. The lowest BCUT2D eigenvalue weighted by molar-refractivity contribution is 0.235. The molecule has 1 aromatic rings. The molecule has 1 N–H and O–H groups in total. The molecule has 1 aromatic heterocycles. The molecule has 1 heterocycles. The fourth-order valence-corrected chi connectivity index (χ4v) is 2.95. The normalized spacial score (nSPS) is 18.5. The lowest BCUT2D eigenvalue weighted by Crippen LogP contribution is -2.36. The first-order valence-electron chi connectivity index (χ1n) is 6.66. The van der Waals surface area contributed by atoms with Crippen LogP contribution in [0.3, 0.4) is 0 Å². The van der Waals surface area contributed by atoms with E-state index in [4.69, 9.17) is 4.42 Å². The molecule has 5 nitrogen and oxygen atoms in total. The van der Waals surface area contributed by atoms with Crippen LogP contribution in [0.1, 0.15) is 31.9 Å². The quantitative estimate of drug-likeness (QED) is 0.866. The first kappa shape index (κ1) is 14.6. The van der Waals surface area contributed by atoms with Gasteiger partial charge in [0.15, 0.2) is 0 Å². The first-order chi connectivity index (χ1) is 8.91. The van der Waals surface area contributed by atoms with Gasteiger partial charge in [0.25, 0.3) is 10.0 Å². The van der Waals surface area contributed by atoms with E-state index in [1.165, 1.54) is 39.4 Å². The molecule has 0 spiro atoms. The van der Waals surface area contributed by atoms with Gasteiger partial charge in [0, 0.05) is 20.1 Å². The molecule has 0 bridgehead atoms. The van der Waals surface area contributed by atoms with Crippen LogP contribution in [-0.4, -0.2) is 32.9 Å². The third kappa shape index (κ3) is 3.19. The lowest BCUT2D eigenvalue weighted by atomic mass is 9.80. The van der Waals surface area contributed by atoms with Gasteiger partial charge in [-0.1, -0.05) is 6.42 Å². The topological polar surface area (TPSA) is 62.6 Å². The first-order valence-corrected chi connectivity index (χ1v) is 8.10. The van der Waals surface area contributed by atoms with Crippen molar-refractivity contribution in [2.24, 2.45) is 5.92 Å². The predicted octanol–water partition coefficient (Wildman–Crippen LogP) is 1.81. The van der Waals surface area contributed by atoms with E-state index in [9.17, 15) is 8.42 Å². The van der Waals surface area contributed by atoms with Gasteiger partial charge < -0.3 is 9.73 Å². The van der Waals surface area contributed by atoms with Crippen LogP contribution < -0.4 is 5.32 Å². The molecule has 0 aromatic carbocycles. The molecule has 1 atom stereocenters. The molecule has 0 saturated heterocycles. The summed E-state index contributed by atoms with van der Waals surface area (Å²) in [6, 6.07) is 3.68. The van der Waals surface area contributed by atoms with Crippen LogP contribution in [0.25, 0.3) is 0 Å². The Balaban J connectivity index is 1.94. The Labute approximate surface area is 115 Å². The van der Waals surface area contributed by atoms with Crippen LogP contribution in [0, 0.1) is 5.92 Å². The minimum atomic E-state index is -3.47. The summed E-state index contributed by atoms with van der Waals surface area (Å²) in [7, 11) is -0.477. The monoisotopic (exact) mass is 286 g/mol. The smallest absolute Gasteiger partial charge is 0.275 e. The Morgan fingerprint density at radius 1 is 1.42 bits per heavy atom. The number of nitrogens with one attached hydrogen (secondary N) is 1. The maximum Gasteiger partial charge on any atom is 0.275 e. The van der Waals surface area contributed by atoms with Gasteiger partial charge in [-0.15, -0.1) is 0 Å². The summed E-state index contributed by atoms with van der Waals surface area (Å²) in [6.45, 7) is 2.74. The zero-order valence-electron chi connectivity index (χ0n) is 11.7. The zero-order valence-corrected chi connectivity index (χ0v) is 12.5. The Kier molecular flexibility index (Phi) is 4.32. The number of hydrogen-bond donors (Lipinski definition) is 1. The largest absolute Gasteiger partial charge is 0.447 e. The standard InChI is InChI=1S/C13H22N2O3S/c1-10(11-5-4-6-11)14-9-12-7-8-13(18-12)19(16,17)15(2)3/h7-8,10-11,14H,4-6,9H2,1-3H3. The second kappa shape index (κ2) is 5.64. The Hall–Kier alpha value is -0.850. The summed E-state index contributed by atoms with van der Waals surface area (Å²) >= 11 is 0. The molecule has 1 unspecified atom stereocenters. The molecule has 108 valence electrons. The average molecular weight is 286 g/mol. The maximum absolute atomic E-state index is 11.9. The molecule has 6 heteroatoms. The van der Waals surface area contributed by atoms with E-state index in [-0.39, 0.29) is 5.09 Å². The molecule has 0 radical (unpaired) electrons. The molecule has 1 aliphatic rings. The lowest BCUT2D eigenvalue weighted by Gasteiger charge is -2.31.